The summed E-state index contributed by atoms with van der Waals surface area (Å²) in [7, 11) is 0. The Morgan fingerprint density at radius 2 is 1.84 bits per heavy atom. The van der Waals surface area contributed by atoms with Gasteiger partial charge in [-0.05, 0) is 88.9 Å². The van der Waals surface area contributed by atoms with Gasteiger partial charge in [-0.3, -0.25) is 9.59 Å². The van der Waals surface area contributed by atoms with Crippen molar-refractivity contribution in [2.45, 2.75) is 71.9 Å². The van der Waals surface area contributed by atoms with Crippen LogP contribution in [0.25, 0.3) is 0 Å². The van der Waals surface area contributed by atoms with Crippen LogP contribution >= 0.6 is 0 Å². The molecule has 1 amide bonds. The molecule has 3 rings (SSSR count). The van der Waals surface area contributed by atoms with E-state index in [4.69, 9.17) is 15.2 Å². The second-order valence-electron chi connectivity index (χ2n) is 10.4. The van der Waals surface area contributed by atoms with E-state index in [0.717, 1.165) is 48.4 Å². The van der Waals surface area contributed by atoms with Crippen LogP contribution in [0.15, 0.2) is 47.5 Å². The van der Waals surface area contributed by atoms with E-state index in [1.165, 1.54) is 0 Å². The Kier molecular flexibility index (Phi) is 9.98. The number of carbonyl (C=O) groups is 2. The number of guanidine groups is 1. The first-order valence-electron chi connectivity index (χ1n) is 13.2. The number of aromatic hydroxyl groups is 1. The molecule has 2 aromatic carbocycles. The maximum atomic E-state index is 12.8. The number of esters is 1. The highest BCUT2D eigenvalue weighted by Crippen LogP contribution is 2.29. The van der Waals surface area contributed by atoms with Gasteiger partial charge in [0.1, 0.15) is 23.6 Å². The molecule has 9 heteroatoms. The number of benzene rings is 2. The lowest BCUT2D eigenvalue weighted by atomic mass is 10.1. The van der Waals surface area contributed by atoms with E-state index < -0.39 is 5.60 Å². The summed E-state index contributed by atoms with van der Waals surface area (Å²) >= 11 is 0. The van der Waals surface area contributed by atoms with Gasteiger partial charge in [0.2, 0.25) is 5.91 Å². The average molecular weight is 525 g/mol. The molecule has 38 heavy (non-hydrogen) atoms. The summed E-state index contributed by atoms with van der Waals surface area (Å²) in [6.07, 6.45) is 3.80. The molecule has 1 heterocycles. The summed E-state index contributed by atoms with van der Waals surface area (Å²) in [6, 6.07) is 12.4. The molecule has 0 unspecified atom stereocenters. The molecular weight excluding hydrogens is 484 g/mol. The first-order valence-corrected chi connectivity index (χ1v) is 13.2. The summed E-state index contributed by atoms with van der Waals surface area (Å²) in [4.78, 5) is 32.9. The zero-order valence-electron chi connectivity index (χ0n) is 22.9. The Hall–Kier alpha value is -3.75. The van der Waals surface area contributed by atoms with Crippen LogP contribution in [-0.4, -0.2) is 53.1 Å². The highest BCUT2D eigenvalue weighted by Gasteiger charge is 2.24. The van der Waals surface area contributed by atoms with Gasteiger partial charge < -0.3 is 30.1 Å². The lowest BCUT2D eigenvalue weighted by molar-refractivity contribution is -0.155. The molecule has 2 aromatic rings. The third-order valence-corrected chi connectivity index (χ3v) is 5.92. The number of aliphatic imine (C=N–C) groups is 1. The highest BCUT2D eigenvalue weighted by molar-refractivity contribution is 5.93. The van der Waals surface area contributed by atoms with E-state index in [0.29, 0.717) is 26.1 Å². The zero-order chi connectivity index (χ0) is 27.7. The molecule has 0 saturated carbocycles. The van der Waals surface area contributed by atoms with E-state index >= 15 is 0 Å². The Bertz CT molecular complexity index is 1120. The summed E-state index contributed by atoms with van der Waals surface area (Å²) < 4.78 is 11.3. The van der Waals surface area contributed by atoms with E-state index in [1.807, 2.05) is 45.9 Å². The number of unbranched alkanes of at least 4 members (excludes halogenated alkanes) is 2. The van der Waals surface area contributed by atoms with Crippen molar-refractivity contribution in [2.24, 2.45) is 10.7 Å². The normalized spacial score (nSPS) is 12.9. The predicted molar refractivity (Wildman–Crippen MR) is 149 cm³/mol. The summed E-state index contributed by atoms with van der Waals surface area (Å²) in [6.45, 7) is 9.18. The minimum Gasteiger partial charge on any atom is -0.508 e. The van der Waals surface area contributed by atoms with Crippen LogP contribution in [0.4, 0.5) is 11.4 Å². The number of phenols is 1. The number of amides is 1. The fraction of sp³-hybridized carbons (Fsp3) is 0.483. The number of rotatable bonds is 12. The van der Waals surface area contributed by atoms with E-state index in [2.05, 4.69) is 4.99 Å². The van der Waals surface area contributed by atoms with E-state index in [1.54, 1.807) is 34.1 Å². The third-order valence-electron chi connectivity index (χ3n) is 5.92. The van der Waals surface area contributed by atoms with Crippen molar-refractivity contribution >= 4 is 29.2 Å². The number of carbonyl (C=O) groups excluding carboxylic acids is 2. The van der Waals surface area contributed by atoms with Gasteiger partial charge in [0.25, 0.3) is 0 Å². The number of fused-ring (bicyclic) bond motifs is 1. The van der Waals surface area contributed by atoms with Crippen LogP contribution in [-0.2, 0) is 20.9 Å². The highest BCUT2D eigenvalue weighted by atomic mass is 16.6. The smallest absolute Gasteiger partial charge is 0.326 e. The van der Waals surface area contributed by atoms with Gasteiger partial charge in [-0.2, -0.15) is 0 Å². The summed E-state index contributed by atoms with van der Waals surface area (Å²) in [5.74, 6) is 0.935. The molecule has 1 aliphatic heterocycles. The van der Waals surface area contributed by atoms with Crippen LogP contribution in [0.1, 0.15) is 65.4 Å². The lowest BCUT2D eigenvalue weighted by Crippen LogP contribution is -2.43. The van der Waals surface area contributed by atoms with E-state index in [9.17, 15) is 14.7 Å². The van der Waals surface area contributed by atoms with E-state index in [-0.39, 0.29) is 30.1 Å². The van der Waals surface area contributed by atoms with Gasteiger partial charge in [-0.1, -0.05) is 6.92 Å². The second kappa shape index (κ2) is 13.2. The molecule has 206 valence electrons. The van der Waals surface area contributed by atoms with Gasteiger partial charge in [-0.25, -0.2) is 4.99 Å². The molecular formula is C29H40N4O5. The molecule has 0 bridgehead atoms. The molecule has 0 atom stereocenters. The first kappa shape index (κ1) is 28.8. The molecule has 9 nitrogen and oxygen atoms in total. The molecule has 0 spiro atoms. The van der Waals surface area contributed by atoms with Crippen molar-refractivity contribution in [1.29, 1.82) is 0 Å². The number of nitrogens with two attached hydrogens (primary N) is 1. The van der Waals surface area contributed by atoms with Gasteiger partial charge in [0.15, 0.2) is 5.96 Å². The van der Waals surface area contributed by atoms with Gasteiger partial charge in [0.05, 0.1) is 12.3 Å². The van der Waals surface area contributed by atoms with Crippen LogP contribution in [0, 0.1) is 0 Å². The quantitative estimate of drug-likeness (QED) is 0.300. The molecule has 0 radical (unpaired) electrons. The Labute approximate surface area is 225 Å². The average Bonchev–Trinajstić information content (AvgIpc) is 2.84. The summed E-state index contributed by atoms with van der Waals surface area (Å²) in [5, 5.41) is 9.51. The SMILES string of the molecule is CCCN(C(=O)CCCCCOc1ccc2c(c1)CN(CC(=O)OC(C)(C)C)C(N)=N2)c1ccc(O)cc1. The van der Waals surface area contributed by atoms with Crippen molar-refractivity contribution in [1.82, 2.24) is 4.90 Å². The Morgan fingerprint density at radius 3 is 2.53 bits per heavy atom. The van der Waals surface area contributed by atoms with Gasteiger partial charge in [0, 0.05) is 30.8 Å². The molecule has 0 saturated heterocycles. The topological polar surface area (TPSA) is 118 Å². The Morgan fingerprint density at radius 1 is 1.11 bits per heavy atom. The van der Waals surface area contributed by atoms with Crippen LogP contribution in [0.5, 0.6) is 11.5 Å². The van der Waals surface area contributed by atoms with Crippen LogP contribution in [0.2, 0.25) is 0 Å². The van der Waals surface area contributed by atoms with Gasteiger partial charge in [-0.15, -0.1) is 0 Å². The fourth-order valence-electron chi connectivity index (χ4n) is 4.17. The minimum absolute atomic E-state index is 0.0261. The maximum Gasteiger partial charge on any atom is 0.326 e. The minimum atomic E-state index is -0.563. The van der Waals surface area contributed by atoms with Crippen molar-refractivity contribution in [3.8, 4) is 11.5 Å². The molecule has 1 aliphatic rings. The first-order chi connectivity index (χ1) is 18.1. The maximum absolute atomic E-state index is 12.8. The van der Waals surface area contributed by atoms with Crippen molar-refractivity contribution in [3.63, 3.8) is 0 Å². The molecule has 0 fully saturated rings. The number of ether oxygens (including phenoxy) is 2. The number of nitrogens with zero attached hydrogens (tertiary/aromatic N) is 3. The van der Waals surface area contributed by atoms with Crippen molar-refractivity contribution in [2.75, 3.05) is 24.6 Å². The van der Waals surface area contributed by atoms with Crippen molar-refractivity contribution < 1.29 is 24.2 Å². The van der Waals surface area contributed by atoms with Gasteiger partial charge >= 0.3 is 5.97 Å². The lowest BCUT2D eigenvalue weighted by Gasteiger charge is -2.29. The Balaban J connectivity index is 1.43. The summed E-state index contributed by atoms with van der Waals surface area (Å²) in [5.41, 5.74) is 8.00. The standard InChI is InChI=1S/C29H40N4O5/c1-5-16-33(22-10-12-23(34)13-11-22)26(35)9-7-6-8-17-37-24-14-15-25-21(18-24)19-32(28(30)31-25)20-27(36)38-29(2,3)4/h10-15,18,34H,5-9,16-17,19-20H2,1-4H3,(H2,30,31). The number of anilines is 1. The molecule has 3 N–H and O–H groups in total. The number of phenolic OH excluding ortho intramolecular Hbond substituents is 1. The zero-order valence-corrected chi connectivity index (χ0v) is 22.9. The predicted octanol–water partition coefficient (Wildman–Crippen LogP) is 4.88. The fourth-order valence-corrected chi connectivity index (χ4v) is 4.17. The number of hydrogen-bond acceptors (Lipinski definition) is 8. The second-order valence-corrected chi connectivity index (χ2v) is 10.4. The number of hydrogen-bond donors (Lipinski definition) is 2. The third kappa shape index (κ3) is 8.68. The monoisotopic (exact) mass is 524 g/mol. The van der Waals surface area contributed by atoms with Crippen molar-refractivity contribution in [3.05, 3.63) is 48.0 Å². The molecule has 0 aliphatic carbocycles. The van der Waals surface area contributed by atoms with Crippen LogP contribution < -0.4 is 15.4 Å². The van der Waals surface area contributed by atoms with Crippen LogP contribution in [0.3, 0.4) is 0 Å². The molecule has 0 aromatic heterocycles. The largest absolute Gasteiger partial charge is 0.508 e.